The van der Waals surface area contributed by atoms with E-state index in [9.17, 15) is 19.5 Å². The summed E-state index contributed by atoms with van der Waals surface area (Å²) >= 11 is 0. The van der Waals surface area contributed by atoms with Crippen molar-refractivity contribution < 1.29 is 38.4 Å². The number of benzene rings is 3. The number of hydrogen-bond donors (Lipinski definition) is 1. The zero-order chi connectivity index (χ0) is 23.9. The van der Waals surface area contributed by atoms with Crippen molar-refractivity contribution >= 4 is 17.9 Å². The quantitative estimate of drug-likeness (QED) is 0.422. The maximum absolute atomic E-state index is 12.6. The molecule has 3 aromatic rings. The van der Waals surface area contributed by atoms with E-state index in [1.165, 1.54) is 0 Å². The number of carbonyl (C=O) groups is 3. The van der Waals surface area contributed by atoms with Crippen LogP contribution in [0.3, 0.4) is 0 Å². The van der Waals surface area contributed by atoms with Crippen LogP contribution in [0.2, 0.25) is 0 Å². The number of ether oxygens (including phenoxy) is 4. The molecule has 1 aliphatic rings. The molecule has 0 amide bonds. The topological polar surface area (TPSA) is 108 Å². The van der Waals surface area contributed by atoms with Crippen molar-refractivity contribution in [2.45, 2.75) is 24.6 Å². The van der Waals surface area contributed by atoms with Gasteiger partial charge in [-0.05, 0) is 36.4 Å². The molecule has 4 atom stereocenters. The van der Waals surface area contributed by atoms with Crippen LogP contribution in [0.25, 0.3) is 0 Å². The Morgan fingerprint density at radius 2 is 1.12 bits per heavy atom. The monoisotopic (exact) mass is 462 g/mol. The highest BCUT2D eigenvalue weighted by Crippen LogP contribution is 2.27. The second kappa shape index (κ2) is 10.7. The fourth-order valence-electron chi connectivity index (χ4n) is 3.41. The van der Waals surface area contributed by atoms with E-state index in [1.807, 2.05) is 0 Å². The van der Waals surface area contributed by atoms with Crippen LogP contribution in [0.4, 0.5) is 0 Å². The first-order valence-electron chi connectivity index (χ1n) is 10.6. The van der Waals surface area contributed by atoms with Crippen molar-refractivity contribution in [3.8, 4) is 0 Å². The van der Waals surface area contributed by atoms with Crippen molar-refractivity contribution in [3.05, 3.63) is 108 Å². The van der Waals surface area contributed by atoms with E-state index in [4.69, 9.17) is 18.9 Å². The molecule has 174 valence electrons. The van der Waals surface area contributed by atoms with Gasteiger partial charge in [0, 0.05) is 0 Å². The predicted octanol–water partition coefficient (Wildman–Crippen LogP) is 3.01. The summed E-state index contributed by atoms with van der Waals surface area (Å²) in [6, 6.07) is 24.7. The van der Waals surface area contributed by atoms with Crippen LogP contribution in [0.1, 0.15) is 31.1 Å². The predicted molar refractivity (Wildman–Crippen MR) is 119 cm³/mol. The number of esters is 3. The van der Waals surface area contributed by atoms with E-state index < -0.39 is 42.5 Å². The summed E-state index contributed by atoms with van der Waals surface area (Å²) in [5.74, 6) is -2.04. The highest BCUT2D eigenvalue weighted by Gasteiger charge is 2.49. The standard InChI is InChI=1S/C26H22O8/c27-21-22(33-24(29)18-12-6-2-7-13-18)20(16-31-23(28)17-10-4-1-5-11-17)32-26(21)34-25(30)19-14-8-3-9-15-19/h1-15,20-22,26-27H,16H2/t20-,21-,22-,26+/m0/s1. The molecule has 0 unspecified atom stereocenters. The summed E-state index contributed by atoms with van der Waals surface area (Å²) in [5, 5.41) is 10.8. The van der Waals surface area contributed by atoms with Gasteiger partial charge in [0.1, 0.15) is 12.7 Å². The molecule has 1 heterocycles. The van der Waals surface area contributed by atoms with Gasteiger partial charge in [0.05, 0.1) is 16.7 Å². The minimum absolute atomic E-state index is 0.259. The van der Waals surface area contributed by atoms with Gasteiger partial charge >= 0.3 is 17.9 Å². The van der Waals surface area contributed by atoms with Gasteiger partial charge in [-0.1, -0.05) is 54.6 Å². The molecule has 34 heavy (non-hydrogen) atoms. The van der Waals surface area contributed by atoms with Crippen molar-refractivity contribution in [1.29, 1.82) is 0 Å². The Balaban J connectivity index is 1.47. The Morgan fingerprint density at radius 1 is 0.676 bits per heavy atom. The molecular formula is C26H22O8. The third-order valence-electron chi connectivity index (χ3n) is 5.16. The van der Waals surface area contributed by atoms with Crippen LogP contribution in [-0.2, 0) is 18.9 Å². The number of aliphatic hydroxyl groups excluding tert-OH is 1. The SMILES string of the molecule is O=C(OC[C@@H]1O[C@H](OC(=O)c2ccccc2)[C@@H](O)[C@H]1OC(=O)c1ccccc1)c1ccccc1. The van der Waals surface area contributed by atoms with Gasteiger partial charge in [0.2, 0.25) is 6.29 Å². The van der Waals surface area contributed by atoms with Gasteiger partial charge in [0.25, 0.3) is 0 Å². The first-order chi connectivity index (χ1) is 16.5. The van der Waals surface area contributed by atoms with E-state index in [0.29, 0.717) is 5.56 Å². The van der Waals surface area contributed by atoms with Crippen LogP contribution in [0, 0.1) is 0 Å². The fraction of sp³-hybridized carbons (Fsp3) is 0.192. The van der Waals surface area contributed by atoms with Crippen molar-refractivity contribution in [2.24, 2.45) is 0 Å². The maximum Gasteiger partial charge on any atom is 0.340 e. The van der Waals surface area contributed by atoms with Gasteiger partial charge in [-0.25, -0.2) is 14.4 Å². The van der Waals surface area contributed by atoms with Gasteiger partial charge in [0.15, 0.2) is 12.2 Å². The van der Waals surface area contributed by atoms with Crippen molar-refractivity contribution in [1.82, 2.24) is 0 Å². The van der Waals surface area contributed by atoms with Crippen LogP contribution in [0.5, 0.6) is 0 Å². The Kier molecular flexibility index (Phi) is 7.31. The highest BCUT2D eigenvalue weighted by atomic mass is 16.7. The van der Waals surface area contributed by atoms with Crippen LogP contribution < -0.4 is 0 Å². The van der Waals surface area contributed by atoms with E-state index in [-0.39, 0.29) is 17.7 Å². The maximum atomic E-state index is 12.6. The molecule has 1 aliphatic heterocycles. The summed E-state index contributed by atoms with van der Waals surface area (Å²) in [6.45, 7) is -0.336. The zero-order valence-corrected chi connectivity index (χ0v) is 18.0. The van der Waals surface area contributed by atoms with Gasteiger partial charge in [-0.15, -0.1) is 0 Å². The summed E-state index contributed by atoms with van der Waals surface area (Å²) in [4.78, 5) is 37.4. The van der Waals surface area contributed by atoms with E-state index >= 15 is 0 Å². The summed E-state index contributed by atoms with van der Waals surface area (Å²) in [6.07, 6.45) is -5.24. The average Bonchev–Trinajstić information content (AvgIpc) is 3.17. The molecule has 1 N–H and O–H groups in total. The molecule has 8 heteroatoms. The largest absolute Gasteiger partial charge is 0.459 e. The second-order valence-corrected chi connectivity index (χ2v) is 7.51. The van der Waals surface area contributed by atoms with Crippen molar-refractivity contribution in [2.75, 3.05) is 6.61 Å². The van der Waals surface area contributed by atoms with Crippen LogP contribution in [0.15, 0.2) is 91.0 Å². The summed E-state index contributed by atoms with van der Waals surface area (Å²) in [7, 11) is 0. The first-order valence-corrected chi connectivity index (χ1v) is 10.6. The molecule has 0 aliphatic carbocycles. The van der Waals surface area contributed by atoms with E-state index in [2.05, 4.69) is 0 Å². The smallest absolute Gasteiger partial charge is 0.340 e. The lowest BCUT2D eigenvalue weighted by Gasteiger charge is -2.20. The number of aliphatic hydroxyl groups is 1. The summed E-state index contributed by atoms with van der Waals surface area (Å²) in [5.41, 5.74) is 0.848. The minimum Gasteiger partial charge on any atom is -0.459 e. The molecule has 4 rings (SSSR count). The second-order valence-electron chi connectivity index (χ2n) is 7.51. The Morgan fingerprint density at radius 3 is 1.62 bits per heavy atom. The zero-order valence-electron chi connectivity index (χ0n) is 18.0. The summed E-state index contributed by atoms with van der Waals surface area (Å²) < 4.78 is 21.8. The van der Waals surface area contributed by atoms with Gasteiger partial charge < -0.3 is 24.1 Å². The molecule has 0 spiro atoms. The number of rotatable bonds is 7. The molecule has 0 bridgehead atoms. The van der Waals surface area contributed by atoms with Crippen LogP contribution >= 0.6 is 0 Å². The highest BCUT2D eigenvalue weighted by molar-refractivity contribution is 5.90. The molecule has 0 radical (unpaired) electrons. The third kappa shape index (κ3) is 5.48. The van der Waals surface area contributed by atoms with Gasteiger partial charge in [-0.2, -0.15) is 0 Å². The Hall–Kier alpha value is -4.01. The van der Waals surface area contributed by atoms with Crippen LogP contribution in [-0.4, -0.2) is 54.2 Å². The average molecular weight is 462 g/mol. The third-order valence-corrected chi connectivity index (χ3v) is 5.16. The first kappa shape index (κ1) is 23.2. The number of hydrogen-bond acceptors (Lipinski definition) is 8. The lowest BCUT2D eigenvalue weighted by atomic mass is 10.1. The molecular weight excluding hydrogens is 440 g/mol. The lowest BCUT2D eigenvalue weighted by molar-refractivity contribution is -0.139. The molecule has 0 saturated carbocycles. The molecule has 1 fully saturated rings. The minimum atomic E-state index is -1.50. The molecule has 0 aromatic heterocycles. The lowest BCUT2D eigenvalue weighted by Crippen LogP contribution is -2.40. The van der Waals surface area contributed by atoms with E-state index in [1.54, 1.807) is 91.0 Å². The van der Waals surface area contributed by atoms with Gasteiger partial charge in [-0.3, -0.25) is 0 Å². The normalized spacial score (nSPS) is 21.4. The molecule has 3 aromatic carbocycles. The van der Waals surface area contributed by atoms with Crippen molar-refractivity contribution in [3.63, 3.8) is 0 Å². The fourth-order valence-corrected chi connectivity index (χ4v) is 3.41. The van der Waals surface area contributed by atoms with E-state index in [0.717, 1.165) is 0 Å². The Labute approximate surface area is 195 Å². The molecule has 1 saturated heterocycles. The molecule has 8 nitrogen and oxygen atoms in total. The Bertz CT molecular complexity index is 1120. The number of carbonyl (C=O) groups excluding carboxylic acids is 3.